The van der Waals surface area contributed by atoms with Crippen molar-refractivity contribution in [2.45, 2.75) is 45.1 Å². The molecule has 2 rings (SSSR count). The maximum Gasteiger partial charge on any atom is 0.00983 e. The summed E-state index contributed by atoms with van der Waals surface area (Å²) in [5, 5.41) is 0. The van der Waals surface area contributed by atoms with E-state index < -0.39 is 0 Å². The molecule has 2 aliphatic rings. The van der Waals surface area contributed by atoms with Crippen molar-refractivity contribution in [1.29, 1.82) is 0 Å². The Hall–Kier alpha value is -0.0400. The molecule has 2 fully saturated rings. The fraction of sp³-hybridized carbons (Fsp3) is 1.00. The Balaban J connectivity index is 2.00. The summed E-state index contributed by atoms with van der Waals surface area (Å²) in [6.45, 7) is 2.28. The van der Waals surface area contributed by atoms with Gasteiger partial charge in [-0.05, 0) is 43.4 Å². The predicted octanol–water partition coefficient (Wildman–Crippen LogP) is 2.16. The molecule has 2 bridgehead atoms. The molecule has 64 valence electrons. The fourth-order valence-electron chi connectivity index (χ4n) is 3.22. The van der Waals surface area contributed by atoms with Crippen molar-refractivity contribution >= 4 is 0 Å². The minimum Gasteiger partial charge on any atom is -0.327 e. The van der Waals surface area contributed by atoms with Gasteiger partial charge in [0.15, 0.2) is 0 Å². The molecular formula is C10H19N. The Kier molecular flexibility index (Phi) is 1.92. The summed E-state index contributed by atoms with van der Waals surface area (Å²) < 4.78 is 0. The molecule has 0 radical (unpaired) electrons. The zero-order valence-electron chi connectivity index (χ0n) is 7.42. The van der Waals surface area contributed by atoms with E-state index >= 15 is 0 Å². The first-order valence-electron chi connectivity index (χ1n) is 5.08. The average molecular weight is 153 g/mol. The Morgan fingerprint density at radius 1 is 1.27 bits per heavy atom. The second-order valence-electron chi connectivity index (χ2n) is 4.36. The van der Waals surface area contributed by atoms with Crippen LogP contribution >= 0.6 is 0 Å². The molecule has 4 unspecified atom stereocenters. The van der Waals surface area contributed by atoms with Crippen molar-refractivity contribution in [2.24, 2.45) is 23.5 Å². The van der Waals surface area contributed by atoms with Crippen LogP contribution in [0.5, 0.6) is 0 Å². The Morgan fingerprint density at radius 3 is 2.55 bits per heavy atom. The fourth-order valence-corrected chi connectivity index (χ4v) is 3.22. The van der Waals surface area contributed by atoms with Crippen LogP contribution in [0, 0.1) is 17.8 Å². The molecule has 1 heteroatoms. The van der Waals surface area contributed by atoms with E-state index in [2.05, 4.69) is 6.92 Å². The highest BCUT2D eigenvalue weighted by Crippen LogP contribution is 2.49. The first-order valence-corrected chi connectivity index (χ1v) is 5.08. The zero-order chi connectivity index (χ0) is 7.84. The third-order valence-corrected chi connectivity index (χ3v) is 3.78. The van der Waals surface area contributed by atoms with E-state index in [9.17, 15) is 0 Å². The molecule has 0 aromatic heterocycles. The number of rotatable bonds is 2. The van der Waals surface area contributed by atoms with Gasteiger partial charge in [0.25, 0.3) is 0 Å². The van der Waals surface area contributed by atoms with Crippen LogP contribution < -0.4 is 5.73 Å². The van der Waals surface area contributed by atoms with Crippen molar-refractivity contribution < 1.29 is 0 Å². The van der Waals surface area contributed by atoms with Crippen molar-refractivity contribution in [3.05, 3.63) is 0 Å². The summed E-state index contributed by atoms with van der Waals surface area (Å²) in [5.74, 6) is 2.80. The monoisotopic (exact) mass is 153 g/mol. The Labute approximate surface area is 69.4 Å². The normalized spacial score (nSPS) is 48.5. The van der Waals surface area contributed by atoms with E-state index in [4.69, 9.17) is 5.73 Å². The second kappa shape index (κ2) is 2.78. The standard InChI is InChI=1S/C10H19N/c1-2-3-9-7-4-5-8(6-7)10(9)11/h7-10H,2-6,11H2,1H3. The maximum absolute atomic E-state index is 6.15. The molecule has 1 nitrogen and oxygen atoms in total. The largest absolute Gasteiger partial charge is 0.327 e. The molecule has 2 N–H and O–H groups in total. The van der Waals surface area contributed by atoms with Crippen LogP contribution in [0.2, 0.25) is 0 Å². The summed E-state index contributed by atoms with van der Waals surface area (Å²) in [4.78, 5) is 0. The minimum absolute atomic E-state index is 0.564. The summed E-state index contributed by atoms with van der Waals surface area (Å²) in [7, 11) is 0. The van der Waals surface area contributed by atoms with Gasteiger partial charge in [-0.15, -0.1) is 0 Å². The summed E-state index contributed by atoms with van der Waals surface area (Å²) in [6, 6.07) is 0.564. The lowest BCUT2D eigenvalue weighted by atomic mass is 9.82. The molecule has 0 heterocycles. The number of nitrogens with two attached hydrogens (primary N) is 1. The molecule has 0 saturated heterocycles. The quantitative estimate of drug-likeness (QED) is 0.646. The highest BCUT2D eigenvalue weighted by molar-refractivity contribution is 4.98. The zero-order valence-corrected chi connectivity index (χ0v) is 7.42. The van der Waals surface area contributed by atoms with Gasteiger partial charge in [0, 0.05) is 6.04 Å². The molecule has 0 amide bonds. The van der Waals surface area contributed by atoms with Crippen LogP contribution in [0.4, 0.5) is 0 Å². The summed E-state index contributed by atoms with van der Waals surface area (Å²) >= 11 is 0. The third kappa shape index (κ3) is 1.10. The molecule has 2 aliphatic carbocycles. The van der Waals surface area contributed by atoms with Gasteiger partial charge in [0.05, 0.1) is 0 Å². The predicted molar refractivity (Wildman–Crippen MR) is 47.2 cm³/mol. The molecular weight excluding hydrogens is 134 g/mol. The van der Waals surface area contributed by atoms with Crippen LogP contribution in [0.15, 0.2) is 0 Å². The van der Waals surface area contributed by atoms with Crippen molar-refractivity contribution in [3.8, 4) is 0 Å². The first-order chi connectivity index (χ1) is 5.33. The van der Waals surface area contributed by atoms with Crippen LogP contribution in [0.25, 0.3) is 0 Å². The SMILES string of the molecule is CCCC1C2CCC(C2)C1N. The number of hydrogen-bond acceptors (Lipinski definition) is 1. The van der Waals surface area contributed by atoms with Crippen LogP contribution in [-0.4, -0.2) is 6.04 Å². The molecule has 2 saturated carbocycles. The van der Waals surface area contributed by atoms with E-state index in [1.54, 1.807) is 0 Å². The maximum atomic E-state index is 6.15. The van der Waals surface area contributed by atoms with E-state index in [0.29, 0.717) is 6.04 Å². The number of hydrogen-bond donors (Lipinski definition) is 1. The average Bonchev–Trinajstić information content (AvgIpc) is 2.54. The lowest BCUT2D eigenvalue weighted by Gasteiger charge is -2.27. The minimum atomic E-state index is 0.564. The molecule has 0 aliphatic heterocycles. The van der Waals surface area contributed by atoms with E-state index in [-0.39, 0.29) is 0 Å². The van der Waals surface area contributed by atoms with Crippen LogP contribution in [0.3, 0.4) is 0 Å². The van der Waals surface area contributed by atoms with Gasteiger partial charge in [-0.25, -0.2) is 0 Å². The smallest absolute Gasteiger partial charge is 0.00983 e. The van der Waals surface area contributed by atoms with Gasteiger partial charge < -0.3 is 5.73 Å². The van der Waals surface area contributed by atoms with Gasteiger partial charge >= 0.3 is 0 Å². The van der Waals surface area contributed by atoms with Crippen LogP contribution in [0.1, 0.15) is 39.0 Å². The van der Waals surface area contributed by atoms with Crippen molar-refractivity contribution in [1.82, 2.24) is 0 Å². The summed E-state index contributed by atoms with van der Waals surface area (Å²) in [5.41, 5.74) is 6.15. The molecule has 4 atom stereocenters. The van der Waals surface area contributed by atoms with Crippen LogP contribution in [-0.2, 0) is 0 Å². The van der Waals surface area contributed by atoms with E-state index in [1.165, 1.54) is 32.1 Å². The molecule has 0 aromatic rings. The molecule has 11 heavy (non-hydrogen) atoms. The van der Waals surface area contributed by atoms with E-state index in [0.717, 1.165) is 17.8 Å². The Bertz CT molecular complexity index is 142. The topological polar surface area (TPSA) is 26.0 Å². The lowest BCUT2D eigenvalue weighted by Crippen LogP contribution is -2.35. The second-order valence-corrected chi connectivity index (χ2v) is 4.36. The van der Waals surface area contributed by atoms with Gasteiger partial charge in [-0.1, -0.05) is 13.3 Å². The summed E-state index contributed by atoms with van der Waals surface area (Å²) in [6.07, 6.45) is 7.05. The van der Waals surface area contributed by atoms with Gasteiger partial charge in [-0.3, -0.25) is 0 Å². The molecule has 0 aromatic carbocycles. The van der Waals surface area contributed by atoms with Gasteiger partial charge in [0.1, 0.15) is 0 Å². The van der Waals surface area contributed by atoms with Crippen molar-refractivity contribution in [2.75, 3.05) is 0 Å². The third-order valence-electron chi connectivity index (χ3n) is 3.78. The highest BCUT2D eigenvalue weighted by atomic mass is 14.7. The van der Waals surface area contributed by atoms with Crippen molar-refractivity contribution in [3.63, 3.8) is 0 Å². The number of fused-ring (bicyclic) bond motifs is 2. The first kappa shape index (κ1) is 7.60. The lowest BCUT2D eigenvalue weighted by molar-refractivity contribution is 0.271. The van der Waals surface area contributed by atoms with Gasteiger partial charge in [-0.2, -0.15) is 0 Å². The van der Waals surface area contributed by atoms with Gasteiger partial charge in [0.2, 0.25) is 0 Å². The molecule has 0 spiro atoms. The van der Waals surface area contributed by atoms with E-state index in [1.807, 2.05) is 0 Å². The Morgan fingerprint density at radius 2 is 2.00 bits per heavy atom. The highest BCUT2D eigenvalue weighted by Gasteiger charge is 2.44.